The quantitative estimate of drug-likeness (QED) is 0.213. The fourth-order valence-corrected chi connectivity index (χ4v) is 2.31. The molecule has 8 heteroatoms. The molecule has 5 nitrogen and oxygen atoms in total. The molecule has 2 saturated carbocycles. The molecule has 0 aliphatic heterocycles. The fourth-order valence-electron chi connectivity index (χ4n) is 2.31. The standard InChI is InChI=1S/C7H13N.C6H12N.6C4H9.6CH3.3H2N.3Pt/c1-6-4-2-3-5-7(6)8;7-6-4-2-1-3-5-6;6*1-4(2)3;;;;;;;;;;;;/h6-8H,1-5H2;6-7H,1-5H2;6*1-3H3;6*1H3;3*1H2;;;/q-2;16*-1;;;. The monoisotopic (exact) mass is 1270 g/mol. The van der Waals surface area contributed by atoms with Crippen LogP contribution in [0.3, 0.4) is 0 Å². The molecule has 51 heavy (non-hydrogen) atoms. The molecule has 2 aliphatic carbocycles. The summed E-state index contributed by atoms with van der Waals surface area (Å²) in [6.07, 6.45) is 11.1. The van der Waals surface area contributed by atoms with Gasteiger partial charge in [-0.2, -0.15) is 137 Å². The number of rotatable bonds is 0. The minimum Gasteiger partial charge on any atom is -0.693 e. The fraction of sp³-hybridized carbons (Fsp3) is 0.698. The Morgan fingerprint density at radius 2 is 0.510 bits per heavy atom. The Labute approximate surface area is 377 Å². The Morgan fingerprint density at radius 1 is 0.353 bits per heavy atom. The van der Waals surface area contributed by atoms with Crippen molar-refractivity contribution in [3.8, 4) is 0 Å². The molecule has 348 valence electrons. The molecule has 0 heterocycles. The third-order valence-corrected chi connectivity index (χ3v) is 3.51. The van der Waals surface area contributed by atoms with Crippen LogP contribution in [-0.4, -0.2) is 12.1 Å². The average Bonchev–Trinajstić information content (AvgIpc) is 2.69. The average molecular weight is 1280 g/mol. The zero-order valence-corrected chi connectivity index (χ0v) is 46.3. The van der Waals surface area contributed by atoms with E-state index in [1.165, 1.54) is 74.0 Å². The van der Waals surface area contributed by atoms with E-state index in [-0.39, 0.29) is 138 Å². The van der Waals surface area contributed by atoms with Crippen LogP contribution in [0.15, 0.2) is 0 Å². The van der Waals surface area contributed by atoms with Crippen LogP contribution in [0.2, 0.25) is 0 Å². The van der Waals surface area contributed by atoms with Crippen molar-refractivity contribution in [2.75, 3.05) is 0 Å². The minimum atomic E-state index is 0. The first-order chi connectivity index (χ1) is 17.6. The molecule has 2 aliphatic rings. The van der Waals surface area contributed by atoms with Crippen LogP contribution < -0.4 is 0 Å². The smallest absolute Gasteiger partial charge is 0 e. The summed E-state index contributed by atoms with van der Waals surface area (Å²) in [5.41, 5.74) is 14.7. The van der Waals surface area contributed by atoms with Gasteiger partial charge in [-0.1, -0.05) is 57.8 Å². The van der Waals surface area contributed by atoms with E-state index in [1.54, 1.807) is 0 Å². The number of nitrogens with one attached hydrogen (secondary N) is 2. The molecule has 0 spiro atoms. The Bertz CT molecular complexity index is 321. The molecule has 2 unspecified atom stereocenters. The van der Waals surface area contributed by atoms with Gasteiger partial charge in [-0.3, -0.25) is 0 Å². The molecule has 0 bridgehead atoms. The first-order valence-corrected chi connectivity index (χ1v) is 15.5. The Hall–Kier alpha value is 1.86. The van der Waals surface area contributed by atoms with Crippen molar-refractivity contribution in [1.82, 2.24) is 0 Å². The van der Waals surface area contributed by atoms with Gasteiger partial charge in [-0.25, -0.2) is 0 Å². The normalized spacial score (nSPS) is 13.9. The van der Waals surface area contributed by atoms with Crippen molar-refractivity contribution in [2.45, 2.75) is 194 Å². The molecule has 2 fully saturated rings. The number of hydrogen-bond acceptors (Lipinski definition) is 0. The second-order valence-corrected chi connectivity index (χ2v) is 14.0. The van der Waals surface area contributed by atoms with Gasteiger partial charge in [-0.15, -0.1) is 6.04 Å². The predicted molar refractivity (Wildman–Crippen MR) is 243 cm³/mol. The molecule has 0 aromatic carbocycles. The summed E-state index contributed by atoms with van der Waals surface area (Å²) in [7, 11) is 0. The summed E-state index contributed by atoms with van der Waals surface area (Å²) in [5, 5.41) is 0. The van der Waals surface area contributed by atoms with Gasteiger partial charge in [0.2, 0.25) is 0 Å². The van der Waals surface area contributed by atoms with Gasteiger partial charge in [0.05, 0.1) is 0 Å². The predicted octanol–water partition coefficient (Wildman–Crippen LogP) is 19.4. The van der Waals surface area contributed by atoms with E-state index in [2.05, 4.69) is 132 Å². The van der Waals surface area contributed by atoms with Crippen LogP contribution in [0.25, 0.3) is 29.9 Å². The Kier molecular flexibility index (Phi) is 215. The van der Waals surface area contributed by atoms with Gasteiger partial charge in [-0.05, 0) is 0 Å². The van der Waals surface area contributed by atoms with E-state index in [4.69, 9.17) is 11.5 Å². The van der Waals surface area contributed by atoms with Gasteiger partial charge >= 0.3 is 0 Å². The Balaban J connectivity index is -0.0000000150. The summed E-state index contributed by atoms with van der Waals surface area (Å²) in [5.74, 6) is 8.92. The van der Waals surface area contributed by atoms with Gasteiger partial charge in [0, 0.05) is 63.2 Å². The van der Waals surface area contributed by atoms with Crippen LogP contribution in [0.1, 0.15) is 182 Å². The molecule has 0 radical (unpaired) electrons. The summed E-state index contributed by atoms with van der Waals surface area (Å²) in [4.78, 5) is 0. The largest absolute Gasteiger partial charge is 0.693 e. The third kappa shape index (κ3) is 296. The topological polar surface area (TPSA) is 148 Å². The summed E-state index contributed by atoms with van der Waals surface area (Å²) in [6.45, 7) is 41.4. The molecule has 0 saturated heterocycles. The summed E-state index contributed by atoms with van der Waals surface area (Å²) >= 11 is 0. The maximum Gasteiger partial charge on any atom is 0 e. The van der Waals surface area contributed by atoms with E-state index in [0.29, 0.717) is 5.92 Å². The van der Waals surface area contributed by atoms with Crippen molar-refractivity contribution < 1.29 is 63.2 Å². The second kappa shape index (κ2) is 93.6. The van der Waals surface area contributed by atoms with Crippen molar-refractivity contribution in [2.24, 2.45) is 5.92 Å². The van der Waals surface area contributed by atoms with Crippen LogP contribution in [0.5, 0.6) is 0 Å². The van der Waals surface area contributed by atoms with Crippen molar-refractivity contribution in [3.05, 3.63) is 117 Å². The molecular formula is C43H103N5Pt3-18. The van der Waals surface area contributed by atoms with Crippen LogP contribution in [0, 0.1) is 92.9 Å². The Morgan fingerprint density at radius 3 is 0.608 bits per heavy atom. The zero-order chi connectivity index (χ0) is 32.6. The molecule has 0 aromatic heterocycles. The maximum absolute atomic E-state index is 7.42. The molecule has 0 aromatic rings. The van der Waals surface area contributed by atoms with Crippen molar-refractivity contribution >= 4 is 0 Å². The van der Waals surface area contributed by atoms with Gasteiger partial charge in [0.1, 0.15) is 0 Å². The molecule has 2 atom stereocenters. The van der Waals surface area contributed by atoms with E-state index in [1.807, 2.05) is 0 Å². The van der Waals surface area contributed by atoms with E-state index in [9.17, 15) is 0 Å². The minimum absolute atomic E-state index is 0. The zero-order valence-electron chi connectivity index (χ0n) is 39.5. The van der Waals surface area contributed by atoms with Gasteiger partial charge in [0.15, 0.2) is 0 Å². The van der Waals surface area contributed by atoms with Gasteiger partial charge < -0.3 is 117 Å². The molecule has 2 rings (SSSR count). The van der Waals surface area contributed by atoms with Crippen molar-refractivity contribution in [3.63, 3.8) is 0 Å². The molecule has 8 N–H and O–H groups in total. The summed E-state index contributed by atoms with van der Waals surface area (Å²) in [6, 6.07) is 0.428. The van der Waals surface area contributed by atoms with E-state index >= 15 is 0 Å². The third-order valence-electron chi connectivity index (χ3n) is 3.51. The van der Waals surface area contributed by atoms with Crippen LogP contribution in [-0.2, 0) is 63.2 Å². The van der Waals surface area contributed by atoms with Crippen molar-refractivity contribution in [1.29, 1.82) is 0 Å². The maximum atomic E-state index is 7.42. The number of nitrogens with two attached hydrogens (primary N) is 3. The molecular weight excluding hydrogens is 1170 g/mol. The van der Waals surface area contributed by atoms with Crippen LogP contribution in [0.4, 0.5) is 0 Å². The summed E-state index contributed by atoms with van der Waals surface area (Å²) < 4.78 is 0. The van der Waals surface area contributed by atoms with Gasteiger partial charge in [0.25, 0.3) is 0 Å². The van der Waals surface area contributed by atoms with E-state index < -0.39 is 0 Å². The van der Waals surface area contributed by atoms with E-state index in [0.717, 1.165) is 19.3 Å². The number of hydrogen-bond donors (Lipinski definition) is 0. The first kappa shape index (κ1) is 117. The first-order valence-electron chi connectivity index (χ1n) is 15.5. The SMILES string of the molecule is C[C-](C)C.C[C-](C)C.C[C-](C)C.C[C-](C)C.C[C-](C)C.C[C-](C)C.[CH2-]C1CCCCC1[NH-].[CH3-].[CH3-].[CH3-].[CH3-].[CH3-].[CH3-].[NH-]C1CCCCC1.[NH2-].[NH2-].[NH2-].[Pt].[Pt].[Pt]. The molecule has 0 amide bonds. The van der Waals surface area contributed by atoms with Crippen LogP contribution >= 0.6 is 0 Å². The second-order valence-electron chi connectivity index (χ2n) is 14.0.